The van der Waals surface area contributed by atoms with E-state index in [1.165, 1.54) is 19.3 Å². The van der Waals surface area contributed by atoms with Crippen LogP contribution in [-0.4, -0.2) is 29.1 Å². The Morgan fingerprint density at radius 3 is 2.14 bits per heavy atom. The normalized spacial score (nSPS) is 25.9. The van der Waals surface area contributed by atoms with E-state index in [1.807, 2.05) is 0 Å². The van der Waals surface area contributed by atoms with E-state index in [0.29, 0.717) is 17.8 Å². The number of aliphatic hydroxyl groups is 2. The Morgan fingerprint density at radius 2 is 1.79 bits per heavy atom. The van der Waals surface area contributed by atoms with Crippen molar-refractivity contribution in [3.8, 4) is 0 Å². The minimum Gasteiger partial charge on any atom is -0.393 e. The summed E-state index contributed by atoms with van der Waals surface area (Å²) in [5.74, 6) is 0.389. The van der Waals surface area contributed by atoms with E-state index < -0.39 is 18.9 Å². The van der Waals surface area contributed by atoms with E-state index in [1.54, 1.807) is 0 Å². The molecule has 2 aliphatic rings. The molecule has 0 aromatic heterocycles. The Morgan fingerprint density at radius 1 is 1.21 bits per heavy atom. The molecule has 0 aromatic carbocycles. The molecule has 2 rings (SSSR count). The molecule has 0 radical (unpaired) electrons. The maximum atomic E-state index is 13.6. The van der Waals surface area contributed by atoms with Crippen LogP contribution in [0, 0.1) is 11.3 Å². The van der Waals surface area contributed by atoms with Crippen molar-refractivity contribution in [3.05, 3.63) is 0 Å². The van der Waals surface area contributed by atoms with Gasteiger partial charge in [-0.1, -0.05) is 6.42 Å². The van der Waals surface area contributed by atoms with Gasteiger partial charge < -0.3 is 10.2 Å². The third-order valence-electron chi connectivity index (χ3n) is 4.08. The fourth-order valence-electron chi connectivity index (χ4n) is 3.09. The Hall–Kier alpha value is -0.150. The van der Waals surface area contributed by atoms with Crippen molar-refractivity contribution in [2.75, 3.05) is 13.2 Å². The van der Waals surface area contributed by atoms with Gasteiger partial charge in [0.1, 0.15) is 0 Å². The van der Waals surface area contributed by atoms with Gasteiger partial charge in [-0.05, 0) is 43.4 Å². The number of rotatable bonds is 4. The minimum atomic E-state index is -1.74. The lowest BCUT2D eigenvalue weighted by Gasteiger charge is -2.55. The van der Waals surface area contributed by atoms with Gasteiger partial charge in [-0.2, -0.15) is 0 Å². The lowest BCUT2D eigenvalue weighted by molar-refractivity contribution is -0.0727. The lowest BCUT2D eigenvalue weighted by atomic mass is 9.50. The molecular weight excluding hydrogens is 183 g/mol. The maximum Gasteiger partial charge on any atom is 0.157 e. The van der Waals surface area contributed by atoms with Crippen LogP contribution in [0.4, 0.5) is 4.39 Å². The van der Waals surface area contributed by atoms with Gasteiger partial charge in [0.05, 0.1) is 13.2 Å². The van der Waals surface area contributed by atoms with Crippen LogP contribution in [0.15, 0.2) is 0 Å². The van der Waals surface area contributed by atoms with Gasteiger partial charge in [0.2, 0.25) is 0 Å². The number of hydrogen-bond acceptors (Lipinski definition) is 2. The summed E-state index contributed by atoms with van der Waals surface area (Å²) in [7, 11) is 0. The standard InChI is InChI=1S/C11H19FO2/c12-11(7-13,8-14)6-9-4-10(5-9)2-1-3-10/h9,13-14H,1-8H2. The molecule has 0 amide bonds. The average Bonchev–Trinajstić information content (AvgIpc) is 2.07. The van der Waals surface area contributed by atoms with Crippen LogP contribution < -0.4 is 0 Å². The number of aliphatic hydroxyl groups excluding tert-OH is 2. The summed E-state index contributed by atoms with van der Waals surface area (Å²) in [6.45, 7) is -1.10. The highest BCUT2D eigenvalue weighted by Crippen LogP contribution is 2.60. The van der Waals surface area contributed by atoms with E-state index in [2.05, 4.69) is 0 Å². The van der Waals surface area contributed by atoms with Gasteiger partial charge in [0.25, 0.3) is 0 Å². The highest BCUT2D eigenvalue weighted by Gasteiger charge is 2.50. The van der Waals surface area contributed by atoms with Gasteiger partial charge in [-0.25, -0.2) is 4.39 Å². The molecule has 14 heavy (non-hydrogen) atoms. The molecule has 2 saturated carbocycles. The Balaban J connectivity index is 1.77. The fraction of sp³-hybridized carbons (Fsp3) is 1.00. The van der Waals surface area contributed by atoms with E-state index in [0.717, 1.165) is 12.8 Å². The highest BCUT2D eigenvalue weighted by molar-refractivity contribution is 5.01. The van der Waals surface area contributed by atoms with Gasteiger partial charge >= 0.3 is 0 Å². The van der Waals surface area contributed by atoms with Crippen LogP contribution in [0.25, 0.3) is 0 Å². The summed E-state index contributed by atoms with van der Waals surface area (Å²) in [5.41, 5.74) is -1.19. The molecule has 0 bridgehead atoms. The quantitative estimate of drug-likeness (QED) is 0.727. The van der Waals surface area contributed by atoms with Crippen molar-refractivity contribution >= 4 is 0 Å². The van der Waals surface area contributed by atoms with Crippen molar-refractivity contribution in [1.29, 1.82) is 0 Å². The molecule has 0 unspecified atom stereocenters. The molecule has 1 spiro atoms. The SMILES string of the molecule is OCC(F)(CO)CC1CC2(CCC2)C1. The molecule has 0 aromatic rings. The van der Waals surface area contributed by atoms with Crippen LogP contribution >= 0.6 is 0 Å². The first kappa shape index (κ1) is 10.4. The highest BCUT2D eigenvalue weighted by atomic mass is 19.1. The predicted octanol–water partition coefficient (Wildman–Crippen LogP) is 1.65. The smallest absolute Gasteiger partial charge is 0.157 e. The molecular formula is C11H19FO2. The van der Waals surface area contributed by atoms with Gasteiger partial charge in [-0.3, -0.25) is 0 Å². The van der Waals surface area contributed by atoms with E-state index >= 15 is 0 Å². The first-order valence-corrected chi connectivity index (χ1v) is 5.52. The molecule has 0 saturated heterocycles. The molecule has 82 valence electrons. The van der Waals surface area contributed by atoms with Crippen LogP contribution in [0.5, 0.6) is 0 Å². The largest absolute Gasteiger partial charge is 0.393 e. The zero-order chi connectivity index (χ0) is 10.2. The Bertz CT molecular complexity index is 201. The van der Waals surface area contributed by atoms with Gasteiger partial charge in [0, 0.05) is 0 Å². The molecule has 3 heteroatoms. The Kier molecular flexibility index (Phi) is 2.56. The minimum absolute atomic E-state index is 0.335. The van der Waals surface area contributed by atoms with Gasteiger partial charge in [0.15, 0.2) is 5.67 Å². The van der Waals surface area contributed by atoms with Crippen LogP contribution in [0.2, 0.25) is 0 Å². The molecule has 2 nitrogen and oxygen atoms in total. The van der Waals surface area contributed by atoms with E-state index in [9.17, 15) is 4.39 Å². The molecule has 0 aliphatic heterocycles. The average molecular weight is 202 g/mol. The summed E-state index contributed by atoms with van der Waals surface area (Å²) in [6.07, 6.45) is 6.49. The van der Waals surface area contributed by atoms with E-state index in [-0.39, 0.29) is 0 Å². The molecule has 2 N–H and O–H groups in total. The zero-order valence-corrected chi connectivity index (χ0v) is 8.51. The molecule has 0 atom stereocenters. The third kappa shape index (κ3) is 1.68. The van der Waals surface area contributed by atoms with Crippen molar-refractivity contribution in [3.63, 3.8) is 0 Å². The van der Waals surface area contributed by atoms with Gasteiger partial charge in [-0.15, -0.1) is 0 Å². The van der Waals surface area contributed by atoms with Crippen molar-refractivity contribution in [2.24, 2.45) is 11.3 Å². The summed E-state index contributed by atoms with van der Waals surface area (Å²) in [4.78, 5) is 0. The topological polar surface area (TPSA) is 40.5 Å². The molecule has 2 aliphatic carbocycles. The van der Waals surface area contributed by atoms with Crippen LogP contribution in [0.1, 0.15) is 38.5 Å². The second-order valence-electron chi connectivity index (χ2n) is 5.30. The van der Waals surface area contributed by atoms with Crippen LogP contribution in [-0.2, 0) is 0 Å². The maximum absolute atomic E-state index is 13.6. The number of alkyl halides is 1. The summed E-state index contributed by atoms with van der Waals surface area (Å²) in [6, 6.07) is 0. The van der Waals surface area contributed by atoms with Crippen molar-refractivity contribution < 1.29 is 14.6 Å². The number of hydrogen-bond donors (Lipinski definition) is 2. The predicted molar refractivity (Wildman–Crippen MR) is 51.6 cm³/mol. The summed E-state index contributed by atoms with van der Waals surface area (Å²) >= 11 is 0. The molecule has 0 heterocycles. The Labute approximate surface area is 84.1 Å². The first-order valence-electron chi connectivity index (χ1n) is 5.52. The monoisotopic (exact) mass is 202 g/mol. The zero-order valence-electron chi connectivity index (χ0n) is 8.51. The second kappa shape index (κ2) is 3.46. The van der Waals surface area contributed by atoms with Crippen molar-refractivity contribution in [1.82, 2.24) is 0 Å². The first-order chi connectivity index (χ1) is 6.61. The second-order valence-corrected chi connectivity index (χ2v) is 5.30. The third-order valence-corrected chi connectivity index (χ3v) is 4.08. The summed E-state index contributed by atoms with van der Waals surface area (Å²) in [5, 5.41) is 17.6. The summed E-state index contributed by atoms with van der Waals surface area (Å²) < 4.78 is 13.6. The molecule has 2 fully saturated rings. The van der Waals surface area contributed by atoms with Crippen LogP contribution in [0.3, 0.4) is 0 Å². The fourth-order valence-corrected chi connectivity index (χ4v) is 3.09. The van der Waals surface area contributed by atoms with Crippen molar-refractivity contribution in [2.45, 2.75) is 44.2 Å². The van der Waals surface area contributed by atoms with E-state index in [4.69, 9.17) is 10.2 Å². The number of halogens is 1. The lowest BCUT2D eigenvalue weighted by Crippen LogP contribution is -2.46.